The second kappa shape index (κ2) is 7.29. The summed E-state index contributed by atoms with van der Waals surface area (Å²) < 4.78 is 40.0. The van der Waals surface area contributed by atoms with Crippen LogP contribution in [-0.4, -0.2) is 40.5 Å². The lowest BCUT2D eigenvalue weighted by atomic mass is 10.2. The number of hydrogen-bond donors (Lipinski definition) is 0. The van der Waals surface area contributed by atoms with Crippen LogP contribution in [0.3, 0.4) is 0 Å². The van der Waals surface area contributed by atoms with Gasteiger partial charge in [-0.05, 0) is 36.8 Å². The van der Waals surface area contributed by atoms with Crippen molar-refractivity contribution in [1.82, 2.24) is 14.3 Å². The van der Waals surface area contributed by atoms with Crippen molar-refractivity contribution in [2.75, 3.05) is 31.1 Å². The van der Waals surface area contributed by atoms with Crippen LogP contribution in [0.25, 0.3) is 5.65 Å². The van der Waals surface area contributed by atoms with Gasteiger partial charge < -0.3 is 9.30 Å². The predicted molar refractivity (Wildman–Crippen MR) is 104 cm³/mol. The van der Waals surface area contributed by atoms with E-state index in [2.05, 4.69) is 20.9 Å². The summed E-state index contributed by atoms with van der Waals surface area (Å²) in [4.78, 5) is 8.97. The van der Waals surface area contributed by atoms with Crippen molar-refractivity contribution in [1.29, 1.82) is 0 Å². The van der Waals surface area contributed by atoms with Gasteiger partial charge in [-0.1, -0.05) is 17.7 Å². The molecule has 0 N–H and O–H groups in total. The smallest absolute Gasteiger partial charge is 0.368 e. The second-order valence-electron chi connectivity index (χ2n) is 7.13. The maximum atomic E-state index is 12.9. The van der Waals surface area contributed by atoms with Gasteiger partial charge in [0.2, 0.25) is 0 Å². The third-order valence-electron chi connectivity index (χ3n) is 5.03. The fraction of sp³-hybridized carbons (Fsp3) is 0.350. The fourth-order valence-corrected chi connectivity index (χ4v) is 3.89. The quantitative estimate of drug-likeness (QED) is 0.631. The molecule has 0 unspecified atom stereocenters. The Morgan fingerprint density at radius 3 is 2.46 bits per heavy atom. The topological polar surface area (TPSA) is 23.8 Å². The van der Waals surface area contributed by atoms with Crippen molar-refractivity contribution in [3.63, 3.8) is 0 Å². The van der Waals surface area contributed by atoms with Gasteiger partial charge in [-0.3, -0.25) is 4.90 Å². The Kier molecular flexibility index (Phi) is 4.97. The summed E-state index contributed by atoms with van der Waals surface area (Å²) in [5.74, 6) is 0. The van der Waals surface area contributed by atoms with Gasteiger partial charge in [-0.25, -0.2) is 4.98 Å². The number of piperazine rings is 1. The maximum absolute atomic E-state index is 12.9. The van der Waals surface area contributed by atoms with E-state index in [0.29, 0.717) is 12.2 Å². The predicted octanol–water partition coefficient (Wildman–Crippen LogP) is 4.64. The van der Waals surface area contributed by atoms with Gasteiger partial charge in [-0.2, -0.15) is 13.2 Å². The maximum Gasteiger partial charge on any atom is 0.417 e. The number of aromatic nitrogens is 2. The molecule has 0 saturated carbocycles. The molecule has 0 aliphatic carbocycles. The van der Waals surface area contributed by atoms with Crippen molar-refractivity contribution in [2.24, 2.45) is 0 Å². The van der Waals surface area contributed by atoms with Crippen LogP contribution in [0.15, 0.2) is 42.7 Å². The van der Waals surface area contributed by atoms with Gasteiger partial charge in [0.15, 0.2) is 0 Å². The first-order chi connectivity index (χ1) is 13.3. The van der Waals surface area contributed by atoms with Gasteiger partial charge in [0.1, 0.15) is 5.65 Å². The Hall–Kier alpha value is -2.25. The first-order valence-corrected chi connectivity index (χ1v) is 9.46. The summed E-state index contributed by atoms with van der Waals surface area (Å²) in [6.45, 7) is 5.99. The molecule has 4 rings (SSSR count). The molecule has 148 valence electrons. The summed E-state index contributed by atoms with van der Waals surface area (Å²) in [6, 6.07) is 8.54. The Labute approximate surface area is 166 Å². The number of rotatable bonds is 3. The molecule has 0 spiro atoms. The number of fused-ring (bicyclic) bond motifs is 1. The van der Waals surface area contributed by atoms with Crippen molar-refractivity contribution < 1.29 is 13.2 Å². The number of benzene rings is 1. The highest BCUT2D eigenvalue weighted by atomic mass is 35.5. The molecule has 1 aliphatic rings. The number of alkyl halides is 3. The highest BCUT2D eigenvalue weighted by Crippen LogP contribution is 2.30. The van der Waals surface area contributed by atoms with E-state index < -0.39 is 11.7 Å². The number of nitrogens with zero attached hydrogens (tertiary/aromatic N) is 4. The van der Waals surface area contributed by atoms with E-state index in [1.54, 1.807) is 6.20 Å². The van der Waals surface area contributed by atoms with Gasteiger partial charge in [0, 0.05) is 45.1 Å². The second-order valence-corrected chi connectivity index (χ2v) is 7.54. The highest BCUT2D eigenvalue weighted by molar-refractivity contribution is 6.33. The zero-order chi connectivity index (χ0) is 19.9. The van der Waals surface area contributed by atoms with Crippen LogP contribution in [0.5, 0.6) is 0 Å². The summed E-state index contributed by atoms with van der Waals surface area (Å²) >= 11 is 6.37. The summed E-state index contributed by atoms with van der Waals surface area (Å²) in [7, 11) is 0. The van der Waals surface area contributed by atoms with E-state index in [9.17, 15) is 13.2 Å². The van der Waals surface area contributed by atoms with Crippen LogP contribution < -0.4 is 4.90 Å². The highest BCUT2D eigenvalue weighted by Gasteiger charge is 2.31. The van der Waals surface area contributed by atoms with Crippen molar-refractivity contribution in [3.05, 3.63) is 64.6 Å². The first-order valence-electron chi connectivity index (χ1n) is 9.08. The molecule has 1 fully saturated rings. The number of imidazole rings is 1. The van der Waals surface area contributed by atoms with Crippen LogP contribution in [0.1, 0.15) is 16.8 Å². The normalized spacial score (nSPS) is 16.1. The molecule has 0 bridgehead atoms. The largest absolute Gasteiger partial charge is 0.417 e. The molecular weight excluding hydrogens is 389 g/mol. The molecule has 1 aromatic carbocycles. The lowest BCUT2D eigenvalue weighted by Crippen LogP contribution is -2.46. The van der Waals surface area contributed by atoms with Gasteiger partial charge in [0.05, 0.1) is 22.0 Å². The SMILES string of the molecule is Cc1ccc(N2CCN(Cc3cn4cc(C(F)(F)F)ccc4n3)CC2)c(Cl)c1. The van der Waals surface area contributed by atoms with E-state index in [4.69, 9.17) is 11.6 Å². The van der Waals surface area contributed by atoms with E-state index >= 15 is 0 Å². The standard InChI is InChI=1S/C20H20ClF3N4/c1-14-2-4-18(17(21)10-14)27-8-6-26(7-9-27)12-16-13-28-11-15(20(22,23)24)3-5-19(28)25-16/h2-5,10-11,13H,6-9,12H2,1H3. The molecule has 28 heavy (non-hydrogen) atoms. The van der Waals surface area contributed by atoms with Crippen LogP contribution in [0.4, 0.5) is 18.9 Å². The van der Waals surface area contributed by atoms with Crippen LogP contribution in [0, 0.1) is 6.92 Å². The summed E-state index contributed by atoms with van der Waals surface area (Å²) in [5.41, 5.74) is 2.79. The van der Waals surface area contributed by atoms with Crippen molar-refractivity contribution >= 4 is 22.9 Å². The zero-order valence-electron chi connectivity index (χ0n) is 15.4. The molecule has 3 aromatic rings. The van der Waals surface area contributed by atoms with Gasteiger partial charge in [-0.15, -0.1) is 0 Å². The molecule has 2 aromatic heterocycles. The van der Waals surface area contributed by atoms with E-state index in [0.717, 1.165) is 60.4 Å². The average Bonchev–Trinajstić information content (AvgIpc) is 3.03. The van der Waals surface area contributed by atoms with Crippen molar-refractivity contribution in [3.8, 4) is 0 Å². The molecule has 8 heteroatoms. The number of anilines is 1. The van der Waals surface area contributed by atoms with Crippen LogP contribution in [-0.2, 0) is 12.7 Å². The van der Waals surface area contributed by atoms with E-state index in [-0.39, 0.29) is 0 Å². The molecule has 1 aliphatic heterocycles. The van der Waals surface area contributed by atoms with E-state index in [1.165, 1.54) is 10.5 Å². The van der Waals surface area contributed by atoms with E-state index in [1.807, 2.05) is 19.1 Å². The first kappa shape index (κ1) is 19.1. The molecule has 0 radical (unpaired) electrons. The monoisotopic (exact) mass is 408 g/mol. The Morgan fingerprint density at radius 2 is 1.79 bits per heavy atom. The fourth-order valence-electron chi connectivity index (χ4n) is 3.53. The minimum atomic E-state index is -4.35. The Bertz CT molecular complexity index is 991. The zero-order valence-corrected chi connectivity index (χ0v) is 16.1. The average molecular weight is 409 g/mol. The molecule has 0 atom stereocenters. The van der Waals surface area contributed by atoms with Gasteiger partial charge in [0.25, 0.3) is 0 Å². The Balaban J connectivity index is 1.42. The minimum absolute atomic E-state index is 0.521. The third-order valence-corrected chi connectivity index (χ3v) is 5.33. The van der Waals surface area contributed by atoms with Crippen LogP contribution >= 0.6 is 11.6 Å². The lowest BCUT2D eigenvalue weighted by Gasteiger charge is -2.36. The minimum Gasteiger partial charge on any atom is -0.368 e. The number of halogens is 4. The van der Waals surface area contributed by atoms with Crippen LogP contribution in [0.2, 0.25) is 5.02 Å². The Morgan fingerprint density at radius 1 is 1.04 bits per heavy atom. The molecule has 1 saturated heterocycles. The molecule has 0 amide bonds. The summed E-state index contributed by atoms with van der Waals surface area (Å²) in [6.07, 6.45) is -1.59. The summed E-state index contributed by atoms with van der Waals surface area (Å²) in [5, 5.41) is 0.759. The van der Waals surface area contributed by atoms with Gasteiger partial charge >= 0.3 is 6.18 Å². The van der Waals surface area contributed by atoms with Crippen molar-refractivity contribution in [2.45, 2.75) is 19.6 Å². The lowest BCUT2D eigenvalue weighted by molar-refractivity contribution is -0.137. The molecular formula is C20H20ClF3N4. The number of aryl methyl sites for hydroxylation is 1. The number of pyridine rings is 1. The number of hydrogen-bond acceptors (Lipinski definition) is 3. The third kappa shape index (κ3) is 3.95. The molecule has 3 heterocycles. The molecule has 4 nitrogen and oxygen atoms in total.